The number of carbonyl (C=O) groups is 1. The van der Waals surface area contributed by atoms with Gasteiger partial charge in [-0.15, -0.1) is 0 Å². The molecular weight excluding hydrogens is 266 g/mol. The maximum atomic E-state index is 11.3. The van der Waals surface area contributed by atoms with Gasteiger partial charge in [0.25, 0.3) is 0 Å². The Balaban J connectivity index is 1.89. The molecule has 0 saturated heterocycles. The smallest absolute Gasteiger partial charge is 0.407 e. The summed E-state index contributed by atoms with van der Waals surface area (Å²) in [7, 11) is 0. The maximum absolute atomic E-state index is 11.3. The van der Waals surface area contributed by atoms with Crippen LogP contribution >= 0.6 is 0 Å². The minimum absolute atomic E-state index is 0.367. The number of aryl methyl sites for hydroxylation is 1. The standard InChI is InChI=1S/C17H24NO3/c19-14-8-3-7-13-18-17(20)21-15-9-2-6-12-16-10-4-1-5-11-16/h1,4-5,10-11H,2-3,6-9,12-13,15H2,(H,18,20). The fourth-order valence-electron chi connectivity index (χ4n) is 1.98. The summed E-state index contributed by atoms with van der Waals surface area (Å²) in [6.45, 7) is 1.01. The van der Waals surface area contributed by atoms with Crippen LogP contribution in [0.25, 0.3) is 0 Å². The molecule has 1 rings (SSSR count). The summed E-state index contributed by atoms with van der Waals surface area (Å²) in [5.41, 5.74) is 1.35. The van der Waals surface area contributed by atoms with Crippen LogP contribution in [0, 0.1) is 0 Å². The first-order valence-corrected chi connectivity index (χ1v) is 7.62. The Labute approximate surface area is 126 Å². The van der Waals surface area contributed by atoms with Gasteiger partial charge in [-0.2, -0.15) is 0 Å². The van der Waals surface area contributed by atoms with Gasteiger partial charge >= 0.3 is 6.09 Å². The summed E-state index contributed by atoms with van der Waals surface area (Å²) >= 11 is 0. The summed E-state index contributed by atoms with van der Waals surface area (Å²) in [6, 6.07) is 10.4. The number of ether oxygens (including phenoxy) is 1. The van der Waals surface area contributed by atoms with Crippen LogP contribution in [0.1, 0.15) is 44.1 Å². The third-order valence-corrected chi connectivity index (χ3v) is 3.16. The van der Waals surface area contributed by atoms with Crippen molar-refractivity contribution in [1.82, 2.24) is 5.32 Å². The van der Waals surface area contributed by atoms with E-state index in [2.05, 4.69) is 29.6 Å². The highest BCUT2D eigenvalue weighted by Gasteiger charge is 2.00. The van der Waals surface area contributed by atoms with Gasteiger partial charge in [-0.3, -0.25) is 4.79 Å². The van der Waals surface area contributed by atoms with Crippen molar-refractivity contribution in [2.75, 3.05) is 13.2 Å². The normalized spacial score (nSPS) is 10.1. The molecule has 0 aliphatic heterocycles. The molecular formula is C17H24NO3. The number of nitrogens with one attached hydrogen (secondary N) is 1. The SMILES string of the molecule is O=[C]CCCCNC(=O)OCCCCCc1ccccc1. The summed E-state index contributed by atoms with van der Waals surface area (Å²) in [6.07, 6.45) is 7.54. The highest BCUT2D eigenvalue weighted by atomic mass is 16.5. The molecule has 4 nitrogen and oxygen atoms in total. The fraction of sp³-hybridized carbons (Fsp3) is 0.529. The van der Waals surface area contributed by atoms with Gasteiger partial charge in [-0.05, 0) is 44.1 Å². The van der Waals surface area contributed by atoms with Crippen LogP contribution in [0.2, 0.25) is 0 Å². The van der Waals surface area contributed by atoms with E-state index in [4.69, 9.17) is 4.74 Å². The Morgan fingerprint density at radius 1 is 1.05 bits per heavy atom. The molecule has 0 bridgehead atoms. The lowest BCUT2D eigenvalue weighted by atomic mass is 10.1. The lowest BCUT2D eigenvalue weighted by Gasteiger charge is -2.06. The van der Waals surface area contributed by atoms with Gasteiger partial charge < -0.3 is 10.1 Å². The van der Waals surface area contributed by atoms with E-state index in [9.17, 15) is 9.59 Å². The fourth-order valence-corrected chi connectivity index (χ4v) is 1.98. The number of unbranched alkanes of at least 4 members (excludes halogenated alkanes) is 4. The number of benzene rings is 1. The zero-order valence-electron chi connectivity index (χ0n) is 12.5. The van der Waals surface area contributed by atoms with Gasteiger partial charge in [-0.1, -0.05) is 30.3 Å². The monoisotopic (exact) mass is 290 g/mol. The van der Waals surface area contributed by atoms with Gasteiger partial charge in [0.05, 0.1) is 6.61 Å². The number of hydrogen-bond donors (Lipinski definition) is 1. The number of alkyl carbamates (subject to hydrolysis) is 1. The molecule has 1 aromatic carbocycles. The molecule has 0 aromatic heterocycles. The molecule has 0 saturated carbocycles. The predicted molar refractivity (Wildman–Crippen MR) is 82.9 cm³/mol. The Bertz CT molecular complexity index is 392. The molecule has 0 unspecified atom stereocenters. The van der Waals surface area contributed by atoms with Gasteiger partial charge in [0, 0.05) is 13.0 Å². The summed E-state index contributed by atoms with van der Waals surface area (Å²) in [4.78, 5) is 21.3. The summed E-state index contributed by atoms with van der Waals surface area (Å²) in [5, 5.41) is 2.67. The van der Waals surface area contributed by atoms with Crippen molar-refractivity contribution in [1.29, 1.82) is 0 Å². The minimum Gasteiger partial charge on any atom is -0.450 e. The zero-order chi connectivity index (χ0) is 15.2. The van der Waals surface area contributed by atoms with Crippen LogP contribution in [-0.4, -0.2) is 25.5 Å². The van der Waals surface area contributed by atoms with Gasteiger partial charge in [0.1, 0.15) is 0 Å². The van der Waals surface area contributed by atoms with Crippen molar-refractivity contribution in [2.24, 2.45) is 0 Å². The molecule has 0 heterocycles. The van der Waals surface area contributed by atoms with Gasteiger partial charge in [-0.25, -0.2) is 4.79 Å². The minimum atomic E-state index is -0.367. The van der Waals surface area contributed by atoms with Crippen LogP contribution < -0.4 is 5.32 Å². The quantitative estimate of drug-likeness (QED) is 0.635. The van der Waals surface area contributed by atoms with Crippen molar-refractivity contribution in [3.63, 3.8) is 0 Å². The van der Waals surface area contributed by atoms with Crippen LogP contribution in [0.15, 0.2) is 30.3 Å². The molecule has 1 N–H and O–H groups in total. The third kappa shape index (κ3) is 9.66. The van der Waals surface area contributed by atoms with E-state index in [-0.39, 0.29) is 6.09 Å². The highest BCUT2D eigenvalue weighted by molar-refractivity contribution is 5.66. The Kier molecular flexibility index (Phi) is 9.79. The van der Waals surface area contributed by atoms with Crippen LogP contribution in [0.5, 0.6) is 0 Å². The average Bonchev–Trinajstić information content (AvgIpc) is 2.51. The van der Waals surface area contributed by atoms with Gasteiger partial charge in [0.15, 0.2) is 6.29 Å². The molecule has 1 aromatic rings. The van der Waals surface area contributed by atoms with Crippen LogP contribution in [-0.2, 0) is 16.0 Å². The molecule has 1 amide bonds. The lowest BCUT2D eigenvalue weighted by molar-refractivity contribution is 0.144. The molecule has 0 fully saturated rings. The third-order valence-electron chi connectivity index (χ3n) is 3.16. The largest absolute Gasteiger partial charge is 0.450 e. The van der Waals surface area contributed by atoms with E-state index in [1.807, 2.05) is 12.4 Å². The second-order valence-electron chi connectivity index (χ2n) is 4.96. The number of carbonyl (C=O) groups excluding carboxylic acids is 2. The zero-order valence-corrected chi connectivity index (χ0v) is 12.5. The second kappa shape index (κ2) is 11.9. The Morgan fingerprint density at radius 2 is 1.86 bits per heavy atom. The van der Waals surface area contributed by atoms with Gasteiger partial charge in [0.2, 0.25) is 0 Å². The lowest BCUT2D eigenvalue weighted by Crippen LogP contribution is -2.25. The second-order valence-corrected chi connectivity index (χ2v) is 4.96. The van der Waals surface area contributed by atoms with Crippen LogP contribution in [0.4, 0.5) is 4.79 Å². The van der Waals surface area contributed by atoms with Crippen molar-refractivity contribution in [3.05, 3.63) is 35.9 Å². The Morgan fingerprint density at radius 3 is 2.62 bits per heavy atom. The highest BCUT2D eigenvalue weighted by Crippen LogP contribution is 2.06. The summed E-state index contributed by atoms with van der Waals surface area (Å²) < 4.78 is 5.07. The van der Waals surface area contributed by atoms with Crippen molar-refractivity contribution in [3.8, 4) is 0 Å². The molecule has 0 atom stereocenters. The number of rotatable bonds is 11. The maximum Gasteiger partial charge on any atom is 0.407 e. The van der Waals surface area contributed by atoms with E-state index in [1.165, 1.54) is 5.56 Å². The van der Waals surface area contributed by atoms with E-state index in [0.717, 1.165) is 38.5 Å². The number of amides is 1. The van der Waals surface area contributed by atoms with E-state index >= 15 is 0 Å². The predicted octanol–water partition coefficient (Wildman–Crippen LogP) is 3.41. The van der Waals surface area contributed by atoms with Crippen molar-refractivity contribution < 1.29 is 14.3 Å². The molecule has 0 spiro atoms. The van der Waals surface area contributed by atoms with Crippen LogP contribution in [0.3, 0.4) is 0 Å². The Hall–Kier alpha value is -1.84. The first kappa shape index (κ1) is 17.2. The average molecular weight is 290 g/mol. The molecule has 1 radical (unpaired) electrons. The van der Waals surface area contributed by atoms with Crippen molar-refractivity contribution >= 4 is 12.4 Å². The molecule has 115 valence electrons. The molecule has 0 aliphatic carbocycles. The topological polar surface area (TPSA) is 55.4 Å². The van der Waals surface area contributed by atoms with E-state index < -0.39 is 0 Å². The van der Waals surface area contributed by atoms with Crippen molar-refractivity contribution in [2.45, 2.75) is 44.9 Å². The van der Waals surface area contributed by atoms with E-state index in [0.29, 0.717) is 19.6 Å². The van der Waals surface area contributed by atoms with E-state index in [1.54, 1.807) is 0 Å². The molecule has 21 heavy (non-hydrogen) atoms. The molecule has 4 heteroatoms. The first-order chi connectivity index (χ1) is 10.3. The first-order valence-electron chi connectivity index (χ1n) is 7.62. The number of hydrogen-bond acceptors (Lipinski definition) is 3. The summed E-state index contributed by atoms with van der Waals surface area (Å²) in [5.74, 6) is 0. The molecule has 0 aliphatic rings.